The van der Waals surface area contributed by atoms with Crippen LogP contribution in [0.2, 0.25) is 0 Å². The first kappa shape index (κ1) is 21.2. The standard InChI is InChI=1S/C18H27N5O2S2/c1-4-23(15-7-5-6-14(2)12-15)11-10-21-18(20-3)22-13-16-8-9-17(26-16)27(19,24)25/h5-9,12H,4,10-11,13H2,1-3H3,(H2,19,24,25)(H2,20,21,22). The van der Waals surface area contributed by atoms with Gasteiger partial charge in [-0.1, -0.05) is 12.1 Å². The van der Waals surface area contributed by atoms with E-state index in [-0.39, 0.29) is 4.21 Å². The molecule has 1 heterocycles. The van der Waals surface area contributed by atoms with Crippen molar-refractivity contribution < 1.29 is 8.42 Å². The van der Waals surface area contributed by atoms with Crippen molar-refractivity contribution in [1.29, 1.82) is 0 Å². The Labute approximate surface area is 165 Å². The first-order chi connectivity index (χ1) is 12.8. The minimum atomic E-state index is -3.64. The second-order valence-corrected chi connectivity index (χ2v) is 8.99. The zero-order chi connectivity index (χ0) is 19.9. The zero-order valence-corrected chi connectivity index (χ0v) is 17.5. The van der Waals surface area contributed by atoms with Crippen LogP contribution in [0.25, 0.3) is 0 Å². The summed E-state index contributed by atoms with van der Waals surface area (Å²) in [5.41, 5.74) is 2.45. The molecule has 0 bridgehead atoms. The molecule has 1 aromatic carbocycles. The second kappa shape index (κ2) is 9.72. The van der Waals surface area contributed by atoms with E-state index >= 15 is 0 Å². The average Bonchev–Trinajstić information content (AvgIpc) is 3.10. The van der Waals surface area contributed by atoms with Crippen molar-refractivity contribution in [2.75, 3.05) is 31.6 Å². The normalized spacial score (nSPS) is 12.1. The number of anilines is 1. The molecule has 0 saturated carbocycles. The van der Waals surface area contributed by atoms with Crippen LogP contribution in [-0.4, -0.2) is 41.1 Å². The molecule has 2 aromatic rings. The van der Waals surface area contributed by atoms with Crippen LogP contribution < -0.4 is 20.7 Å². The molecule has 9 heteroatoms. The number of sulfonamides is 1. The smallest absolute Gasteiger partial charge is 0.247 e. The maximum absolute atomic E-state index is 11.3. The number of guanidine groups is 1. The second-order valence-electron chi connectivity index (χ2n) is 6.04. The molecule has 0 unspecified atom stereocenters. The Morgan fingerprint density at radius 1 is 1.26 bits per heavy atom. The molecule has 7 nitrogen and oxygen atoms in total. The molecule has 0 spiro atoms. The third-order valence-electron chi connectivity index (χ3n) is 3.99. The minimum Gasteiger partial charge on any atom is -0.370 e. The number of aliphatic imine (C=N–C) groups is 1. The minimum absolute atomic E-state index is 0.166. The number of benzene rings is 1. The number of rotatable bonds is 8. The summed E-state index contributed by atoms with van der Waals surface area (Å²) in [6.07, 6.45) is 0. The van der Waals surface area contributed by atoms with Crippen LogP contribution in [0, 0.1) is 6.92 Å². The first-order valence-corrected chi connectivity index (χ1v) is 11.1. The topological polar surface area (TPSA) is 99.8 Å². The maximum atomic E-state index is 11.3. The van der Waals surface area contributed by atoms with Crippen LogP contribution in [0.1, 0.15) is 17.4 Å². The Hall–Kier alpha value is -2.10. The molecule has 0 aliphatic carbocycles. The van der Waals surface area contributed by atoms with Crippen LogP contribution in [-0.2, 0) is 16.6 Å². The lowest BCUT2D eigenvalue weighted by Gasteiger charge is -2.24. The van der Waals surface area contributed by atoms with Crippen LogP contribution in [0.15, 0.2) is 45.6 Å². The Bertz CT molecular complexity index is 877. The number of thiophene rings is 1. The van der Waals surface area contributed by atoms with E-state index in [1.165, 1.54) is 17.3 Å². The molecule has 0 aliphatic rings. The van der Waals surface area contributed by atoms with E-state index in [9.17, 15) is 8.42 Å². The zero-order valence-electron chi connectivity index (χ0n) is 15.9. The fraction of sp³-hybridized carbons (Fsp3) is 0.389. The Kier molecular flexibility index (Phi) is 7.64. The molecular formula is C18H27N5O2S2. The van der Waals surface area contributed by atoms with Crippen molar-refractivity contribution in [3.05, 3.63) is 46.8 Å². The van der Waals surface area contributed by atoms with Crippen molar-refractivity contribution in [2.24, 2.45) is 10.1 Å². The summed E-state index contributed by atoms with van der Waals surface area (Å²) >= 11 is 1.16. The van der Waals surface area contributed by atoms with E-state index in [0.29, 0.717) is 12.5 Å². The summed E-state index contributed by atoms with van der Waals surface area (Å²) in [5, 5.41) is 11.6. The van der Waals surface area contributed by atoms with E-state index < -0.39 is 10.0 Å². The van der Waals surface area contributed by atoms with Crippen molar-refractivity contribution in [1.82, 2.24) is 10.6 Å². The van der Waals surface area contributed by atoms with E-state index in [1.54, 1.807) is 13.1 Å². The van der Waals surface area contributed by atoms with Gasteiger partial charge in [-0.05, 0) is 43.7 Å². The van der Waals surface area contributed by atoms with Crippen molar-refractivity contribution >= 4 is 33.0 Å². The van der Waals surface area contributed by atoms with E-state index in [4.69, 9.17) is 5.14 Å². The van der Waals surface area contributed by atoms with Gasteiger partial charge in [0.2, 0.25) is 10.0 Å². The monoisotopic (exact) mass is 409 g/mol. The Morgan fingerprint density at radius 3 is 2.63 bits per heavy atom. The SMILES string of the molecule is CCN(CCNC(=NC)NCc1ccc(S(N)(=O)=O)s1)c1cccc(C)c1. The fourth-order valence-corrected chi connectivity index (χ4v) is 4.32. The van der Waals surface area contributed by atoms with Gasteiger partial charge in [-0.3, -0.25) is 4.99 Å². The number of likely N-dealkylation sites (N-methyl/N-ethyl adjacent to an activating group) is 1. The van der Waals surface area contributed by atoms with Crippen molar-refractivity contribution in [3.63, 3.8) is 0 Å². The highest BCUT2D eigenvalue weighted by atomic mass is 32.2. The molecule has 1 aromatic heterocycles. The van der Waals surface area contributed by atoms with E-state index in [1.807, 2.05) is 0 Å². The summed E-state index contributed by atoms with van der Waals surface area (Å²) in [6, 6.07) is 11.7. The molecule has 4 N–H and O–H groups in total. The van der Waals surface area contributed by atoms with Crippen LogP contribution in [0.5, 0.6) is 0 Å². The third-order valence-corrected chi connectivity index (χ3v) is 6.52. The molecule has 0 fully saturated rings. The van der Waals surface area contributed by atoms with Gasteiger partial charge in [0.05, 0.1) is 6.54 Å². The molecule has 27 heavy (non-hydrogen) atoms. The van der Waals surface area contributed by atoms with Gasteiger partial charge in [-0.25, -0.2) is 13.6 Å². The number of hydrogen-bond acceptors (Lipinski definition) is 5. The molecular weight excluding hydrogens is 382 g/mol. The van der Waals surface area contributed by atoms with Gasteiger partial charge in [0.1, 0.15) is 4.21 Å². The summed E-state index contributed by atoms with van der Waals surface area (Å²) in [6.45, 7) is 7.20. The third kappa shape index (κ3) is 6.53. The van der Waals surface area contributed by atoms with Crippen molar-refractivity contribution in [3.8, 4) is 0 Å². The number of nitrogens with two attached hydrogens (primary N) is 1. The number of nitrogens with zero attached hydrogens (tertiary/aromatic N) is 2. The van der Waals surface area contributed by atoms with Gasteiger partial charge in [-0.2, -0.15) is 0 Å². The van der Waals surface area contributed by atoms with Gasteiger partial charge in [0.15, 0.2) is 5.96 Å². The fourth-order valence-electron chi connectivity index (χ4n) is 2.60. The van der Waals surface area contributed by atoms with Gasteiger partial charge in [0.25, 0.3) is 0 Å². The largest absolute Gasteiger partial charge is 0.370 e. The first-order valence-electron chi connectivity index (χ1n) is 8.71. The lowest BCUT2D eigenvalue weighted by molar-refractivity contribution is 0.600. The summed E-state index contributed by atoms with van der Waals surface area (Å²) < 4.78 is 22.8. The molecule has 0 radical (unpaired) electrons. The van der Waals surface area contributed by atoms with Crippen LogP contribution in [0.3, 0.4) is 0 Å². The number of aryl methyl sites for hydroxylation is 1. The number of primary sulfonamides is 1. The molecule has 0 atom stereocenters. The number of hydrogen-bond donors (Lipinski definition) is 3. The average molecular weight is 410 g/mol. The molecule has 2 rings (SSSR count). The molecule has 0 saturated heterocycles. The van der Waals surface area contributed by atoms with E-state index in [2.05, 4.69) is 58.6 Å². The van der Waals surface area contributed by atoms with Crippen LogP contribution in [0.4, 0.5) is 5.69 Å². The van der Waals surface area contributed by atoms with Crippen LogP contribution >= 0.6 is 11.3 Å². The van der Waals surface area contributed by atoms with E-state index in [0.717, 1.165) is 35.8 Å². The summed E-state index contributed by atoms with van der Waals surface area (Å²) in [4.78, 5) is 7.37. The number of nitrogens with one attached hydrogen (secondary N) is 2. The summed E-state index contributed by atoms with van der Waals surface area (Å²) in [7, 11) is -1.94. The van der Waals surface area contributed by atoms with Gasteiger partial charge < -0.3 is 15.5 Å². The maximum Gasteiger partial charge on any atom is 0.247 e. The lowest BCUT2D eigenvalue weighted by Crippen LogP contribution is -2.41. The van der Waals surface area contributed by atoms with Crippen molar-refractivity contribution in [2.45, 2.75) is 24.6 Å². The lowest BCUT2D eigenvalue weighted by atomic mass is 10.2. The quantitative estimate of drug-likeness (QED) is 0.457. The Morgan fingerprint density at radius 2 is 2.04 bits per heavy atom. The highest BCUT2D eigenvalue weighted by Gasteiger charge is 2.11. The van der Waals surface area contributed by atoms with Gasteiger partial charge in [-0.15, -0.1) is 11.3 Å². The Balaban J connectivity index is 1.84. The highest BCUT2D eigenvalue weighted by molar-refractivity contribution is 7.91. The molecule has 148 valence electrons. The molecule has 0 amide bonds. The van der Waals surface area contributed by atoms with Gasteiger partial charge >= 0.3 is 0 Å². The van der Waals surface area contributed by atoms with Gasteiger partial charge in [0, 0.05) is 37.2 Å². The summed E-state index contributed by atoms with van der Waals surface area (Å²) in [5.74, 6) is 0.667. The molecule has 0 aliphatic heterocycles. The predicted octanol–water partition coefficient (Wildman–Crippen LogP) is 1.90. The predicted molar refractivity (Wildman–Crippen MR) is 113 cm³/mol. The highest BCUT2D eigenvalue weighted by Crippen LogP contribution is 2.20.